The molecule has 116 valence electrons. The SMILES string of the molecule is CCNc1cnc(C(C)C)nc1C(=O)N(C)C1CCSC1. The van der Waals surface area contributed by atoms with Crippen molar-refractivity contribution in [3.63, 3.8) is 0 Å². The maximum atomic E-state index is 12.8. The average Bonchev–Trinajstić information content (AvgIpc) is 3.00. The van der Waals surface area contributed by atoms with Gasteiger partial charge in [0.05, 0.1) is 11.9 Å². The van der Waals surface area contributed by atoms with Gasteiger partial charge >= 0.3 is 0 Å². The normalized spacial score (nSPS) is 18.0. The van der Waals surface area contributed by atoms with Crippen molar-refractivity contribution in [1.29, 1.82) is 0 Å². The second-order valence-electron chi connectivity index (χ2n) is 5.61. The predicted octanol–water partition coefficient (Wildman–Crippen LogP) is 2.61. The minimum Gasteiger partial charge on any atom is -0.382 e. The minimum absolute atomic E-state index is 0.0113. The lowest BCUT2D eigenvalue weighted by Crippen LogP contribution is -2.38. The molecule has 0 spiro atoms. The van der Waals surface area contributed by atoms with Crippen LogP contribution in [-0.2, 0) is 0 Å². The number of thioether (sulfide) groups is 1. The summed E-state index contributed by atoms with van der Waals surface area (Å²) in [5.41, 5.74) is 1.22. The van der Waals surface area contributed by atoms with E-state index < -0.39 is 0 Å². The van der Waals surface area contributed by atoms with Crippen LogP contribution < -0.4 is 5.32 Å². The first-order valence-electron chi connectivity index (χ1n) is 7.50. The lowest BCUT2D eigenvalue weighted by atomic mass is 10.1. The molecule has 0 aliphatic carbocycles. The molecule has 1 amide bonds. The van der Waals surface area contributed by atoms with Crippen molar-refractivity contribution in [2.24, 2.45) is 0 Å². The molecule has 1 unspecified atom stereocenters. The Morgan fingerprint density at radius 3 is 2.90 bits per heavy atom. The molecule has 2 heterocycles. The first kappa shape index (κ1) is 16.1. The predicted molar refractivity (Wildman–Crippen MR) is 88.1 cm³/mol. The zero-order valence-electron chi connectivity index (χ0n) is 13.2. The van der Waals surface area contributed by atoms with Gasteiger partial charge in [0.15, 0.2) is 5.69 Å². The molecule has 1 aliphatic heterocycles. The molecule has 1 aromatic heterocycles. The Morgan fingerprint density at radius 2 is 2.33 bits per heavy atom. The lowest BCUT2D eigenvalue weighted by Gasteiger charge is -2.24. The van der Waals surface area contributed by atoms with Gasteiger partial charge in [-0.1, -0.05) is 13.8 Å². The second kappa shape index (κ2) is 7.11. The van der Waals surface area contributed by atoms with Crippen LogP contribution in [0.1, 0.15) is 49.4 Å². The van der Waals surface area contributed by atoms with Crippen molar-refractivity contribution in [2.75, 3.05) is 30.4 Å². The highest BCUT2D eigenvalue weighted by Crippen LogP contribution is 2.24. The first-order chi connectivity index (χ1) is 10.0. The number of hydrogen-bond donors (Lipinski definition) is 1. The maximum absolute atomic E-state index is 12.8. The fourth-order valence-electron chi connectivity index (χ4n) is 2.32. The highest BCUT2D eigenvalue weighted by atomic mass is 32.2. The summed E-state index contributed by atoms with van der Waals surface area (Å²) in [5.74, 6) is 3.06. The molecule has 0 radical (unpaired) electrons. The van der Waals surface area contributed by atoms with Crippen LogP contribution in [-0.4, -0.2) is 51.9 Å². The molecule has 6 heteroatoms. The molecule has 1 N–H and O–H groups in total. The Bertz CT molecular complexity index is 500. The molecule has 0 saturated carbocycles. The Labute approximate surface area is 130 Å². The van der Waals surface area contributed by atoms with Crippen molar-refractivity contribution in [1.82, 2.24) is 14.9 Å². The minimum atomic E-state index is -0.0113. The monoisotopic (exact) mass is 308 g/mol. The van der Waals surface area contributed by atoms with Crippen molar-refractivity contribution < 1.29 is 4.79 Å². The van der Waals surface area contributed by atoms with Gasteiger partial charge in [-0.15, -0.1) is 0 Å². The number of nitrogens with zero attached hydrogens (tertiary/aromatic N) is 3. The van der Waals surface area contributed by atoms with E-state index in [4.69, 9.17) is 0 Å². The van der Waals surface area contributed by atoms with Gasteiger partial charge in [-0.2, -0.15) is 11.8 Å². The van der Waals surface area contributed by atoms with Crippen molar-refractivity contribution >= 4 is 23.4 Å². The van der Waals surface area contributed by atoms with Gasteiger partial charge in [-0.3, -0.25) is 4.79 Å². The summed E-state index contributed by atoms with van der Waals surface area (Å²) in [7, 11) is 1.88. The summed E-state index contributed by atoms with van der Waals surface area (Å²) in [6, 6.07) is 0.314. The number of anilines is 1. The van der Waals surface area contributed by atoms with E-state index in [-0.39, 0.29) is 11.8 Å². The number of rotatable bonds is 5. The van der Waals surface area contributed by atoms with Gasteiger partial charge in [0.25, 0.3) is 5.91 Å². The third-order valence-corrected chi connectivity index (χ3v) is 4.81. The summed E-state index contributed by atoms with van der Waals surface area (Å²) in [6.07, 6.45) is 2.79. The second-order valence-corrected chi connectivity index (χ2v) is 6.76. The molecule has 1 aromatic rings. The topological polar surface area (TPSA) is 58.1 Å². The zero-order valence-corrected chi connectivity index (χ0v) is 14.0. The smallest absolute Gasteiger partial charge is 0.274 e. The highest BCUT2D eigenvalue weighted by Gasteiger charge is 2.27. The Balaban J connectivity index is 2.29. The number of carbonyl (C=O) groups excluding carboxylic acids is 1. The van der Waals surface area contributed by atoms with Gasteiger partial charge < -0.3 is 10.2 Å². The van der Waals surface area contributed by atoms with Crippen LogP contribution in [0.15, 0.2) is 6.20 Å². The van der Waals surface area contributed by atoms with Crippen LogP contribution in [0, 0.1) is 0 Å². The van der Waals surface area contributed by atoms with E-state index in [0.29, 0.717) is 17.6 Å². The van der Waals surface area contributed by atoms with Crippen LogP contribution in [0.4, 0.5) is 5.69 Å². The highest BCUT2D eigenvalue weighted by molar-refractivity contribution is 7.99. The van der Waals surface area contributed by atoms with Crippen LogP contribution in [0.25, 0.3) is 0 Å². The third kappa shape index (κ3) is 3.67. The lowest BCUT2D eigenvalue weighted by molar-refractivity contribution is 0.0742. The molecule has 0 aromatic carbocycles. The van der Waals surface area contributed by atoms with Gasteiger partial charge in [0, 0.05) is 31.3 Å². The number of nitrogens with one attached hydrogen (secondary N) is 1. The summed E-state index contributed by atoms with van der Waals surface area (Å²) in [4.78, 5) is 23.5. The van der Waals surface area contributed by atoms with E-state index in [1.54, 1.807) is 6.20 Å². The van der Waals surface area contributed by atoms with E-state index in [0.717, 1.165) is 30.2 Å². The molecular formula is C15H24N4OS. The molecule has 0 bridgehead atoms. The largest absolute Gasteiger partial charge is 0.382 e. The van der Waals surface area contributed by atoms with Gasteiger partial charge in [0.1, 0.15) is 5.82 Å². The third-order valence-electron chi connectivity index (χ3n) is 3.67. The van der Waals surface area contributed by atoms with E-state index in [9.17, 15) is 4.79 Å². The molecule has 1 aliphatic rings. The van der Waals surface area contributed by atoms with Crippen LogP contribution >= 0.6 is 11.8 Å². The van der Waals surface area contributed by atoms with E-state index in [1.807, 2.05) is 44.5 Å². The molecule has 21 heavy (non-hydrogen) atoms. The first-order valence-corrected chi connectivity index (χ1v) is 8.65. The van der Waals surface area contributed by atoms with E-state index >= 15 is 0 Å². The number of amides is 1. The number of hydrogen-bond acceptors (Lipinski definition) is 5. The zero-order chi connectivity index (χ0) is 15.4. The Hall–Kier alpha value is -1.30. The van der Waals surface area contributed by atoms with Crippen molar-refractivity contribution in [3.8, 4) is 0 Å². The maximum Gasteiger partial charge on any atom is 0.274 e. The van der Waals surface area contributed by atoms with Gasteiger partial charge in [0.2, 0.25) is 0 Å². The van der Waals surface area contributed by atoms with Crippen LogP contribution in [0.5, 0.6) is 0 Å². The van der Waals surface area contributed by atoms with Crippen LogP contribution in [0.3, 0.4) is 0 Å². The molecule has 5 nitrogen and oxygen atoms in total. The molecule has 1 fully saturated rings. The van der Waals surface area contributed by atoms with Crippen LogP contribution in [0.2, 0.25) is 0 Å². The summed E-state index contributed by atoms with van der Waals surface area (Å²) in [5, 5.41) is 3.19. The standard InChI is InChI=1S/C15H24N4OS/c1-5-16-12-8-17-14(10(2)3)18-13(12)15(20)19(4)11-6-7-21-9-11/h8,10-11,16H,5-7,9H2,1-4H3. The summed E-state index contributed by atoms with van der Waals surface area (Å²) in [6.45, 7) is 6.82. The van der Waals surface area contributed by atoms with E-state index in [1.165, 1.54) is 0 Å². The Morgan fingerprint density at radius 1 is 1.57 bits per heavy atom. The molecule has 1 atom stereocenters. The fraction of sp³-hybridized carbons (Fsp3) is 0.667. The Kier molecular flexibility index (Phi) is 5.45. The number of carbonyl (C=O) groups is 1. The van der Waals surface area contributed by atoms with Gasteiger partial charge in [-0.25, -0.2) is 9.97 Å². The molecular weight excluding hydrogens is 284 g/mol. The fourth-order valence-corrected chi connectivity index (χ4v) is 3.58. The summed E-state index contributed by atoms with van der Waals surface area (Å²) < 4.78 is 0. The van der Waals surface area contributed by atoms with Crippen molar-refractivity contribution in [2.45, 2.75) is 39.2 Å². The average molecular weight is 308 g/mol. The number of aromatic nitrogens is 2. The summed E-state index contributed by atoms with van der Waals surface area (Å²) >= 11 is 1.90. The van der Waals surface area contributed by atoms with E-state index in [2.05, 4.69) is 15.3 Å². The molecule has 2 rings (SSSR count). The molecule has 1 saturated heterocycles. The quantitative estimate of drug-likeness (QED) is 0.906. The van der Waals surface area contributed by atoms with Gasteiger partial charge in [-0.05, 0) is 19.1 Å². The van der Waals surface area contributed by atoms with Crippen molar-refractivity contribution in [3.05, 3.63) is 17.7 Å².